The van der Waals surface area contributed by atoms with Crippen molar-refractivity contribution in [2.75, 3.05) is 13.1 Å². The largest absolute Gasteiger partial charge is 0.342 e. The summed E-state index contributed by atoms with van der Waals surface area (Å²) < 4.78 is 0. The van der Waals surface area contributed by atoms with E-state index in [1.165, 1.54) is 5.56 Å². The molecule has 2 fully saturated rings. The van der Waals surface area contributed by atoms with Gasteiger partial charge in [0.15, 0.2) is 0 Å². The molecule has 1 aromatic heterocycles. The Morgan fingerprint density at radius 3 is 2.50 bits per heavy atom. The van der Waals surface area contributed by atoms with Gasteiger partial charge in [0.2, 0.25) is 11.8 Å². The first-order valence-electron chi connectivity index (χ1n) is 9.31. The molecule has 2 saturated heterocycles. The summed E-state index contributed by atoms with van der Waals surface area (Å²) in [5.74, 6) is 0.466. The van der Waals surface area contributed by atoms with E-state index in [9.17, 15) is 9.59 Å². The van der Waals surface area contributed by atoms with Crippen LogP contribution in [0.25, 0.3) is 0 Å². The van der Waals surface area contributed by atoms with Gasteiger partial charge in [-0.15, -0.1) is 11.3 Å². The molecule has 136 valence electrons. The second-order valence-electron chi connectivity index (χ2n) is 7.33. The van der Waals surface area contributed by atoms with Crippen LogP contribution < -0.4 is 0 Å². The van der Waals surface area contributed by atoms with Gasteiger partial charge in [0.05, 0.1) is 6.42 Å². The number of nitrogens with zero attached hydrogens (tertiary/aromatic N) is 2. The maximum absolute atomic E-state index is 12.6. The molecule has 4 rings (SSSR count). The fraction of sp³-hybridized carbons (Fsp3) is 0.429. The number of rotatable bonds is 4. The highest BCUT2D eigenvalue weighted by Gasteiger charge is 2.47. The Morgan fingerprint density at radius 1 is 1.04 bits per heavy atom. The molecule has 1 spiro atoms. The van der Waals surface area contributed by atoms with Crippen molar-refractivity contribution >= 4 is 23.2 Å². The van der Waals surface area contributed by atoms with Gasteiger partial charge in [-0.3, -0.25) is 9.59 Å². The van der Waals surface area contributed by atoms with Gasteiger partial charge in [-0.05, 0) is 36.3 Å². The zero-order chi connectivity index (χ0) is 18.0. The summed E-state index contributed by atoms with van der Waals surface area (Å²) >= 11 is 1.64. The van der Waals surface area contributed by atoms with Crippen LogP contribution in [0.1, 0.15) is 36.1 Å². The first-order chi connectivity index (χ1) is 12.7. The van der Waals surface area contributed by atoms with Crippen LogP contribution in [-0.2, 0) is 22.6 Å². The van der Waals surface area contributed by atoms with E-state index in [0.717, 1.165) is 37.2 Å². The van der Waals surface area contributed by atoms with Gasteiger partial charge in [0, 0.05) is 36.5 Å². The fourth-order valence-corrected chi connectivity index (χ4v) is 4.96. The maximum atomic E-state index is 12.6. The Labute approximate surface area is 158 Å². The molecule has 0 saturated carbocycles. The number of hydrogen-bond donors (Lipinski definition) is 0. The molecule has 0 aliphatic carbocycles. The van der Waals surface area contributed by atoms with Crippen molar-refractivity contribution in [3.63, 3.8) is 0 Å². The highest BCUT2D eigenvalue weighted by atomic mass is 32.1. The van der Waals surface area contributed by atoms with Gasteiger partial charge in [-0.2, -0.15) is 0 Å². The average Bonchev–Trinajstić information content (AvgIpc) is 3.27. The lowest BCUT2D eigenvalue weighted by Gasteiger charge is -2.45. The number of amides is 2. The molecule has 2 aliphatic heterocycles. The van der Waals surface area contributed by atoms with Crippen LogP contribution in [0.3, 0.4) is 0 Å². The van der Waals surface area contributed by atoms with Crippen LogP contribution in [0.2, 0.25) is 0 Å². The van der Waals surface area contributed by atoms with E-state index in [1.54, 1.807) is 11.3 Å². The summed E-state index contributed by atoms with van der Waals surface area (Å²) in [5.41, 5.74) is 1.12. The van der Waals surface area contributed by atoms with Gasteiger partial charge in [0.1, 0.15) is 0 Å². The summed E-state index contributed by atoms with van der Waals surface area (Å²) in [5, 5.41) is 2.01. The lowest BCUT2D eigenvalue weighted by Crippen LogP contribution is -2.54. The van der Waals surface area contributed by atoms with Crippen molar-refractivity contribution in [2.45, 2.75) is 44.2 Å². The third-order valence-electron chi connectivity index (χ3n) is 5.81. The average molecular weight is 369 g/mol. The maximum Gasteiger partial charge on any atom is 0.227 e. The van der Waals surface area contributed by atoms with Crippen molar-refractivity contribution in [3.05, 3.63) is 58.3 Å². The third-order valence-corrected chi connectivity index (χ3v) is 6.69. The highest BCUT2D eigenvalue weighted by Crippen LogP contribution is 2.40. The highest BCUT2D eigenvalue weighted by molar-refractivity contribution is 7.10. The molecular formula is C21H24N2O2S. The molecular weight excluding hydrogens is 344 g/mol. The molecule has 0 N–H and O–H groups in total. The molecule has 4 nitrogen and oxygen atoms in total. The first-order valence-corrected chi connectivity index (χ1v) is 10.2. The minimum Gasteiger partial charge on any atom is -0.342 e. The van der Waals surface area contributed by atoms with Crippen LogP contribution in [0.5, 0.6) is 0 Å². The van der Waals surface area contributed by atoms with Crippen molar-refractivity contribution in [1.82, 2.24) is 9.80 Å². The smallest absolute Gasteiger partial charge is 0.227 e. The summed E-state index contributed by atoms with van der Waals surface area (Å²) in [6.45, 7) is 2.19. The minimum absolute atomic E-state index is 0.0629. The Hall–Kier alpha value is -2.14. The van der Waals surface area contributed by atoms with Gasteiger partial charge in [0.25, 0.3) is 0 Å². The Morgan fingerprint density at radius 2 is 1.81 bits per heavy atom. The number of hydrogen-bond acceptors (Lipinski definition) is 3. The number of thiophene rings is 1. The molecule has 1 aromatic carbocycles. The van der Waals surface area contributed by atoms with Crippen LogP contribution in [0.4, 0.5) is 0 Å². The molecule has 2 aromatic rings. The van der Waals surface area contributed by atoms with Crippen molar-refractivity contribution < 1.29 is 9.59 Å². The lowest BCUT2D eigenvalue weighted by atomic mass is 9.84. The molecule has 3 heterocycles. The van der Waals surface area contributed by atoms with Gasteiger partial charge in [-0.1, -0.05) is 36.4 Å². The van der Waals surface area contributed by atoms with E-state index >= 15 is 0 Å². The molecule has 0 atom stereocenters. The quantitative estimate of drug-likeness (QED) is 0.829. The second kappa shape index (κ2) is 7.23. The lowest BCUT2D eigenvalue weighted by molar-refractivity contribution is -0.136. The van der Waals surface area contributed by atoms with Crippen molar-refractivity contribution in [3.8, 4) is 0 Å². The minimum atomic E-state index is -0.0629. The summed E-state index contributed by atoms with van der Waals surface area (Å²) in [6, 6.07) is 14.2. The van der Waals surface area contributed by atoms with Crippen molar-refractivity contribution in [2.24, 2.45) is 0 Å². The van der Waals surface area contributed by atoms with E-state index in [2.05, 4.69) is 17.0 Å². The topological polar surface area (TPSA) is 40.6 Å². The number of benzene rings is 1. The number of likely N-dealkylation sites (tertiary alicyclic amines) is 2. The normalized spacial score (nSPS) is 19.3. The zero-order valence-electron chi connectivity index (χ0n) is 14.9. The van der Waals surface area contributed by atoms with Crippen LogP contribution in [0.15, 0.2) is 47.8 Å². The number of carbonyl (C=O) groups excluding carboxylic acids is 2. The van der Waals surface area contributed by atoms with E-state index in [-0.39, 0.29) is 17.4 Å². The first kappa shape index (κ1) is 17.3. The SMILES string of the molecule is O=C(Cc1cccs1)N1CCC2(CCC(=O)N2Cc2ccccc2)CC1. The molecule has 2 aliphatic rings. The Bertz CT molecular complexity index is 765. The van der Waals surface area contributed by atoms with E-state index in [1.807, 2.05) is 40.6 Å². The molecule has 0 bridgehead atoms. The van der Waals surface area contributed by atoms with E-state index in [4.69, 9.17) is 0 Å². The number of piperidine rings is 1. The third kappa shape index (κ3) is 3.40. The van der Waals surface area contributed by atoms with E-state index in [0.29, 0.717) is 19.4 Å². The molecule has 5 heteroatoms. The predicted octanol–water partition coefficient (Wildman–Crippen LogP) is 3.47. The second-order valence-corrected chi connectivity index (χ2v) is 8.36. The van der Waals surface area contributed by atoms with E-state index < -0.39 is 0 Å². The summed E-state index contributed by atoms with van der Waals surface area (Å²) in [6.07, 6.45) is 3.84. The van der Waals surface area contributed by atoms with Gasteiger partial charge >= 0.3 is 0 Å². The Kier molecular flexibility index (Phi) is 4.81. The number of carbonyl (C=O) groups is 2. The molecule has 2 amide bonds. The standard InChI is InChI=1S/C21H24N2O2S/c24-19-8-9-21(23(19)16-17-5-2-1-3-6-17)10-12-22(13-11-21)20(25)15-18-7-4-14-26-18/h1-7,14H,8-13,15-16H2. The summed E-state index contributed by atoms with van der Waals surface area (Å²) in [4.78, 5) is 30.3. The van der Waals surface area contributed by atoms with Gasteiger partial charge in [-0.25, -0.2) is 0 Å². The molecule has 0 unspecified atom stereocenters. The van der Waals surface area contributed by atoms with Crippen LogP contribution in [0, 0.1) is 0 Å². The van der Waals surface area contributed by atoms with Crippen molar-refractivity contribution in [1.29, 1.82) is 0 Å². The van der Waals surface area contributed by atoms with Crippen LogP contribution >= 0.6 is 11.3 Å². The molecule has 26 heavy (non-hydrogen) atoms. The van der Waals surface area contributed by atoms with Gasteiger partial charge < -0.3 is 9.80 Å². The zero-order valence-corrected chi connectivity index (χ0v) is 15.7. The predicted molar refractivity (Wildman–Crippen MR) is 103 cm³/mol. The fourth-order valence-electron chi connectivity index (χ4n) is 4.26. The summed E-state index contributed by atoms with van der Waals surface area (Å²) in [7, 11) is 0. The Balaban J connectivity index is 1.41. The molecule has 0 radical (unpaired) electrons. The van der Waals surface area contributed by atoms with Crippen LogP contribution in [-0.4, -0.2) is 40.2 Å². The monoisotopic (exact) mass is 368 g/mol.